The van der Waals surface area contributed by atoms with Crippen molar-refractivity contribution in [3.63, 3.8) is 0 Å². The Labute approximate surface area is 140 Å². The van der Waals surface area contributed by atoms with E-state index in [9.17, 15) is 22.8 Å². The fraction of sp³-hybridized carbons (Fsp3) is 0.235. The minimum atomic E-state index is -5.10. The fourth-order valence-corrected chi connectivity index (χ4v) is 2.67. The number of carbonyl (C=O) groups excluding carboxylic acids is 2. The van der Waals surface area contributed by atoms with E-state index in [1.807, 2.05) is 13.8 Å². The second-order valence-electron chi connectivity index (χ2n) is 5.23. The van der Waals surface area contributed by atoms with Crippen LogP contribution >= 0.6 is 11.3 Å². The molecular weight excluding hydrogens is 339 g/mol. The Kier molecular flexibility index (Phi) is 5.33. The fourth-order valence-electron chi connectivity index (χ4n) is 1.97. The van der Waals surface area contributed by atoms with Crippen molar-refractivity contribution >= 4 is 34.8 Å². The van der Waals surface area contributed by atoms with Crippen LogP contribution < -0.4 is 0 Å². The van der Waals surface area contributed by atoms with Crippen molar-refractivity contribution in [2.75, 3.05) is 0 Å². The zero-order chi connectivity index (χ0) is 17.9. The van der Waals surface area contributed by atoms with Gasteiger partial charge in [-0.25, -0.2) is 0 Å². The lowest BCUT2D eigenvalue weighted by atomic mass is 9.98. The first-order valence-corrected chi connectivity index (χ1v) is 7.88. The summed E-state index contributed by atoms with van der Waals surface area (Å²) in [6, 6.07) is 7.98. The second-order valence-corrected chi connectivity index (χ2v) is 6.18. The zero-order valence-corrected chi connectivity index (χ0v) is 13.7. The third-order valence-electron chi connectivity index (χ3n) is 3.47. The van der Waals surface area contributed by atoms with Gasteiger partial charge in [-0.15, -0.1) is 11.3 Å². The maximum absolute atomic E-state index is 12.8. The van der Waals surface area contributed by atoms with E-state index in [1.165, 1.54) is 12.1 Å². The summed E-state index contributed by atoms with van der Waals surface area (Å²) in [5, 5.41) is 1.56. The summed E-state index contributed by atoms with van der Waals surface area (Å²) in [6.45, 7) is 3.72. The van der Waals surface area contributed by atoms with E-state index in [2.05, 4.69) is 4.99 Å². The van der Waals surface area contributed by atoms with Gasteiger partial charge in [0, 0.05) is 6.21 Å². The average molecular weight is 353 g/mol. The van der Waals surface area contributed by atoms with Crippen LogP contribution in [0.2, 0.25) is 0 Å². The Balaban J connectivity index is 2.35. The van der Waals surface area contributed by atoms with Crippen LogP contribution in [0.25, 0.3) is 0 Å². The number of thiophene rings is 1. The van der Waals surface area contributed by atoms with Gasteiger partial charge in [-0.2, -0.15) is 13.2 Å². The van der Waals surface area contributed by atoms with Gasteiger partial charge in [0.05, 0.1) is 10.6 Å². The molecule has 3 nitrogen and oxygen atoms in total. The van der Waals surface area contributed by atoms with Gasteiger partial charge >= 0.3 is 6.18 Å². The summed E-state index contributed by atoms with van der Waals surface area (Å²) >= 11 is 0.983. The molecule has 2 aromatic rings. The van der Waals surface area contributed by atoms with Gasteiger partial charge in [0.15, 0.2) is 5.78 Å². The van der Waals surface area contributed by atoms with Gasteiger partial charge in [0.25, 0.3) is 5.78 Å². The molecule has 1 unspecified atom stereocenters. The van der Waals surface area contributed by atoms with Crippen molar-refractivity contribution in [2.45, 2.75) is 20.0 Å². The molecule has 24 heavy (non-hydrogen) atoms. The molecule has 0 amide bonds. The Bertz CT molecular complexity index is 780. The molecule has 0 aliphatic heterocycles. The predicted octanol–water partition coefficient (Wildman–Crippen LogP) is 4.70. The first-order valence-electron chi connectivity index (χ1n) is 7.00. The van der Waals surface area contributed by atoms with Crippen molar-refractivity contribution in [1.29, 1.82) is 0 Å². The minimum absolute atomic E-state index is 0.0872. The number of carbonyl (C=O) groups is 2. The number of hydrogen-bond donors (Lipinski definition) is 0. The molecule has 0 N–H and O–H groups in total. The van der Waals surface area contributed by atoms with E-state index in [0.717, 1.165) is 28.7 Å². The van der Waals surface area contributed by atoms with E-state index in [0.29, 0.717) is 5.69 Å². The number of rotatable bonds is 5. The number of aliphatic imine (C=N–C) groups is 1. The van der Waals surface area contributed by atoms with Crippen LogP contribution in [0.4, 0.5) is 18.9 Å². The molecule has 0 radical (unpaired) electrons. The highest BCUT2D eigenvalue weighted by atomic mass is 32.1. The van der Waals surface area contributed by atoms with Gasteiger partial charge in [-0.1, -0.05) is 12.1 Å². The molecule has 1 heterocycles. The van der Waals surface area contributed by atoms with Gasteiger partial charge < -0.3 is 0 Å². The van der Waals surface area contributed by atoms with E-state index in [4.69, 9.17) is 0 Å². The molecular formula is C17H14F3NO2S. The summed E-state index contributed by atoms with van der Waals surface area (Å²) in [5.74, 6) is -5.00. The Morgan fingerprint density at radius 1 is 1.17 bits per heavy atom. The van der Waals surface area contributed by atoms with Gasteiger partial charge in [-0.05, 0) is 48.6 Å². The summed E-state index contributed by atoms with van der Waals surface area (Å²) in [6.07, 6.45) is -4.32. The van der Waals surface area contributed by atoms with Crippen molar-refractivity contribution < 1.29 is 22.8 Å². The molecule has 0 bridgehead atoms. The molecule has 2 rings (SSSR count). The molecule has 0 saturated carbocycles. The van der Waals surface area contributed by atoms with Crippen molar-refractivity contribution in [3.8, 4) is 0 Å². The Morgan fingerprint density at radius 2 is 1.88 bits per heavy atom. The monoisotopic (exact) mass is 353 g/mol. The molecule has 7 heteroatoms. The predicted molar refractivity (Wildman–Crippen MR) is 87.3 cm³/mol. The number of halogens is 3. The van der Waals surface area contributed by atoms with Crippen molar-refractivity contribution in [1.82, 2.24) is 0 Å². The lowest BCUT2D eigenvalue weighted by molar-refractivity contribution is -0.171. The maximum Gasteiger partial charge on any atom is 0.451 e. The van der Waals surface area contributed by atoms with Crippen LogP contribution in [0.3, 0.4) is 0 Å². The van der Waals surface area contributed by atoms with E-state index in [-0.39, 0.29) is 4.88 Å². The number of benzene rings is 1. The quantitative estimate of drug-likeness (QED) is 0.444. The molecule has 1 aromatic carbocycles. The second kappa shape index (κ2) is 7.09. The third-order valence-corrected chi connectivity index (χ3v) is 4.36. The molecule has 0 saturated heterocycles. The van der Waals surface area contributed by atoms with Gasteiger partial charge in [0.1, 0.15) is 5.92 Å². The third kappa shape index (κ3) is 4.17. The first kappa shape index (κ1) is 18.1. The van der Waals surface area contributed by atoms with E-state index < -0.39 is 23.7 Å². The molecule has 0 fully saturated rings. The van der Waals surface area contributed by atoms with E-state index >= 15 is 0 Å². The number of ketones is 2. The SMILES string of the molecule is Cc1ccc(N=CC(C(=O)c2cccs2)C(=O)C(F)(F)F)cc1C. The number of hydrogen-bond acceptors (Lipinski definition) is 4. The number of Topliss-reactive ketones (excluding diaryl/α,β-unsaturated/α-hetero) is 2. The van der Waals surface area contributed by atoms with Crippen molar-refractivity contribution in [3.05, 3.63) is 51.7 Å². The smallest absolute Gasteiger partial charge is 0.292 e. The molecule has 1 atom stereocenters. The Morgan fingerprint density at radius 3 is 2.42 bits per heavy atom. The van der Waals surface area contributed by atoms with E-state index in [1.54, 1.807) is 23.6 Å². The van der Waals surface area contributed by atoms with Crippen LogP contribution in [-0.2, 0) is 4.79 Å². The van der Waals surface area contributed by atoms with Gasteiger partial charge in [-0.3, -0.25) is 14.6 Å². The number of nitrogens with zero attached hydrogens (tertiary/aromatic N) is 1. The van der Waals surface area contributed by atoms with Crippen molar-refractivity contribution in [2.24, 2.45) is 10.9 Å². The molecule has 126 valence electrons. The summed E-state index contributed by atoms with van der Waals surface area (Å²) in [7, 11) is 0. The normalized spacial score (nSPS) is 13.2. The van der Waals surface area contributed by atoms with Gasteiger partial charge in [0.2, 0.25) is 0 Å². The summed E-state index contributed by atoms with van der Waals surface area (Å²) < 4.78 is 38.4. The highest BCUT2D eigenvalue weighted by molar-refractivity contribution is 7.12. The average Bonchev–Trinajstić information content (AvgIpc) is 3.04. The highest BCUT2D eigenvalue weighted by Crippen LogP contribution is 2.25. The lowest BCUT2D eigenvalue weighted by Crippen LogP contribution is -2.36. The number of aryl methyl sites for hydroxylation is 2. The summed E-state index contributed by atoms with van der Waals surface area (Å²) in [4.78, 5) is 27.8. The van der Waals surface area contributed by atoms with Crippen LogP contribution in [-0.4, -0.2) is 24.0 Å². The summed E-state index contributed by atoms with van der Waals surface area (Å²) in [5.41, 5.74) is 2.30. The molecule has 0 aliphatic rings. The molecule has 0 spiro atoms. The van der Waals surface area contributed by atoms with Crippen LogP contribution in [0.5, 0.6) is 0 Å². The maximum atomic E-state index is 12.8. The molecule has 1 aromatic heterocycles. The first-order chi connectivity index (χ1) is 11.2. The lowest BCUT2D eigenvalue weighted by Gasteiger charge is -2.11. The zero-order valence-electron chi connectivity index (χ0n) is 12.9. The number of alkyl halides is 3. The topological polar surface area (TPSA) is 46.5 Å². The van der Waals surface area contributed by atoms with Crippen LogP contribution in [0.15, 0.2) is 40.7 Å². The standard InChI is InChI=1S/C17H14F3NO2S/c1-10-5-6-12(8-11(10)2)21-9-13(16(23)17(18,19)20)15(22)14-4-3-7-24-14/h3-9,13H,1-2H3. The van der Waals surface area contributed by atoms with Crippen LogP contribution in [0.1, 0.15) is 20.8 Å². The molecule has 0 aliphatic carbocycles. The Hall–Kier alpha value is -2.28. The highest BCUT2D eigenvalue weighted by Gasteiger charge is 2.45. The minimum Gasteiger partial charge on any atom is -0.292 e. The largest absolute Gasteiger partial charge is 0.451 e. The van der Waals surface area contributed by atoms with Crippen LogP contribution in [0, 0.1) is 19.8 Å².